The number of isocyanates is 1. The summed E-state index contributed by atoms with van der Waals surface area (Å²) in [4.78, 5) is 14.4. The van der Waals surface area contributed by atoms with Gasteiger partial charge in [-0.1, -0.05) is 52.4 Å². The van der Waals surface area contributed by atoms with E-state index < -0.39 is 0 Å². The summed E-state index contributed by atoms with van der Waals surface area (Å²) in [7, 11) is 0. The maximum atomic E-state index is 10.4. The number of hydrogen-bond acceptors (Lipinski definition) is 2. The average Bonchev–Trinajstić information content (AvgIpc) is 2.22. The van der Waals surface area contributed by atoms with Gasteiger partial charge in [-0.3, -0.25) is 0 Å². The Labute approximate surface area is 94.2 Å². The molecule has 0 bridgehead atoms. The molecule has 88 valence electrons. The first kappa shape index (κ1) is 14.4. The summed E-state index contributed by atoms with van der Waals surface area (Å²) < 4.78 is 0. The van der Waals surface area contributed by atoms with E-state index in [1.54, 1.807) is 6.08 Å². The Morgan fingerprint density at radius 1 is 1.00 bits per heavy atom. The van der Waals surface area contributed by atoms with Crippen LogP contribution in [0.5, 0.6) is 0 Å². The molecule has 0 heterocycles. The predicted octanol–water partition coefficient (Wildman–Crippen LogP) is 4.24. The minimum absolute atomic E-state index is 0.147. The van der Waals surface area contributed by atoms with Gasteiger partial charge in [-0.2, -0.15) is 4.99 Å². The van der Waals surface area contributed by atoms with Crippen molar-refractivity contribution in [3.8, 4) is 0 Å². The van der Waals surface area contributed by atoms with E-state index in [-0.39, 0.29) is 5.54 Å². The molecule has 0 aliphatic carbocycles. The van der Waals surface area contributed by atoms with Crippen LogP contribution in [0, 0.1) is 0 Å². The Hall–Kier alpha value is -0.620. The minimum atomic E-state index is -0.147. The van der Waals surface area contributed by atoms with E-state index >= 15 is 0 Å². The highest BCUT2D eigenvalue weighted by Crippen LogP contribution is 2.25. The van der Waals surface area contributed by atoms with Gasteiger partial charge in [0, 0.05) is 0 Å². The molecule has 0 rings (SSSR count). The van der Waals surface area contributed by atoms with Crippen molar-refractivity contribution in [1.29, 1.82) is 0 Å². The SMILES string of the molecule is CCCCCCC(C)(CCCC)N=C=O. The number of rotatable bonds is 9. The van der Waals surface area contributed by atoms with Gasteiger partial charge in [0.2, 0.25) is 6.08 Å². The molecule has 0 aliphatic heterocycles. The van der Waals surface area contributed by atoms with Crippen LogP contribution in [0.2, 0.25) is 0 Å². The quantitative estimate of drug-likeness (QED) is 0.318. The summed E-state index contributed by atoms with van der Waals surface area (Å²) >= 11 is 0. The van der Waals surface area contributed by atoms with Gasteiger partial charge < -0.3 is 0 Å². The first-order valence-electron chi connectivity index (χ1n) is 6.27. The molecule has 2 heteroatoms. The van der Waals surface area contributed by atoms with Gasteiger partial charge in [0.05, 0.1) is 5.54 Å². The maximum Gasteiger partial charge on any atom is 0.235 e. The Morgan fingerprint density at radius 2 is 1.60 bits per heavy atom. The Balaban J connectivity index is 3.95. The van der Waals surface area contributed by atoms with Crippen LogP contribution in [0.15, 0.2) is 4.99 Å². The van der Waals surface area contributed by atoms with Crippen LogP contribution < -0.4 is 0 Å². The second-order valence-electron chi connectivity index (χ2n) is 4.61. The molecule has 0 aromatic carbocycles. The van der Waals surface area contributed by atoms with Crippen molar-refractivity contribution in [2.45, 2.75) is 77.7 Å². The molecule has 1 atom stereocenters. The van der Waals surface area contributed by atoms with Gasteiger partial charge >= 0.3 is 0 Å². The van der Waals surface area contributed by atoms with E-state index in [4.69, 9.17) is 0 Å². The molecule has 0 aliphatic rings. The molecule has 0 fully saturated rings. The van der Waals surface area contributed by atoms with Crippen molar-refractivity contribution in [3.63, 3.8) is 0 Å². The molecule has 2 nitrogen and oxygen atoms in total. The summed E-state index contributed by atoms with van der Waals surface area (Å²) in [5, 5.41) is 0. The van der Waals surface area contributed by atoms with Crippen LogP contribution in [0.25, 0.3) is 0 Å². The summed E-state index contributed by atoms with van der Waals surface area (Å²) in [6.45, 7) is 6.46. The van der Waals surface area contributed by atoms with Crippen molar-refractivity contribution in [1.82, 2.24) is 0 Å². The third kappa shape index (κ3) is 7.33. The average molecular weight is 211 g/mol. The number of nitrogens with zero attached hydrogens (tertiary/aromatic N) is 1. The predicted molar refractivity (Wildman–Crippen MR) is 64.8 cm³/mol. The van der Waals surface area contributed by atoms with Crippen molar-refractivity contribution in [2.24, 2.45) is 4.99 Å². The molecular formula is C13H25NO. The highest BCUT2D eigenvalue weighted by molar-refractivity contribution is 5.34. The van der Waals surface area contributed by atoms with Gasteiger partial charge in [-0.05, 0) is 19.8 Å². The van der Waals surface area contributed by atoms with Crippen LogP contribution >= 0.6 is 0 Å². The van der Waals surface area contributed by atoms with Crippen LogP contribution in [0.4, 0.5) is 0 Å². The van der Waals surface area contributed by atoms with Crippen LogP contribution in [0.1, 0.15) is 72.1 Å². The van der Waals surface area contributed by atoms with Gasteiger partial charge in [0.25, 0.3) is 0 Å². The molecule has 0 saturated carbocycles. The molecule has 0 aromatic heterocycles. The molecular weight excluding hydrogens is 186 g/mol. The fourth-order valence-corrected chi connectivity index (χ4v) is 1.84. The number of hydrogen-bond donors (Lipinski definition) is 0. The Kier molecular flexibility index (Phi) is 8.31. The lowest BCUT2D eigenvalue weighted by atomic mass is 9.89. The second kappa shape index (κ2) is 8.67. The first-order chi connectivity index (χ1) is 7.18. The molecule has 1 unspecified atom stereocenters. The molecule has 0 spiro atoms. The Morgan fingerprint density at radius 3 is 2.13 bits per heavy atom. The highest BCUT2D eigenvalue weighted by Gasteiger charge is 2.21. The van der Waals surface area contributed by atoms with E-state index in [9.17, 15) is 4.79 Å². The smallest absolute Gasteiger partial charge is 0.211 e. The molecule has 0 radical (unpaired) electrons. The van der Waals surface area contributed by atoms with Gasteiger partial charge in [0.15, 0.2) is 0 Å². The zero-order valence-corrected chi connectivity index (χ0v) is 10.5. The Bertz CT molecular complexity index is 197. The summed E-state index contributed by atoms with van der Waals surface area (Å²) in [6, 6.07) is 0. The van der Waals surface area contributed by atoms with E-state index in [1.807, 2.05) is 0 Å². The molecule has 0 amide bonds. The molecule has 15 heavy (non-hydrogen) atoms. The van der Waals surface area contributed by atoms with E-state index in [2.05, 4.69) is 25.8 Å². The lowest BCUT2D eigenvalue weighted by molar-refractivity contribution is 0.371. The summed E-state index contributed by atoms with van der Waals surface area (Å²) in [6.07, 6.45) is 11.1. The third-order valence-corrected chi connectivity index (χ3v) is 2.95. The standard InChI is InChI=1S/C13H25NO/c1-4-6-8-9-11-13(3,14-12-15)10-7-5-2/h4-11H2,1-3H3. The zero-order chi connectivity index (χ0) is 11.6. The van der Waals surface area contributed by atoms with Crippen molar-refractivity contribution >= 4 is 6.08 Å². The first-order valence-corrected chi connectivity index (χ1v) is 6.27. The zero-order valence-electron chi connectivity index (χ0n) is 10.5. The summed E-state index contributed by atoms with van der Waals surface area (Å²) in [5.74, 6) is 0. The molecule has 0 saturated heterocycles. The van der Waals surface area contributed by atoms with Crippen LogP contribution in [-0.2, 0) is 4.79 Å². The third-order valence-electron chi connectivity index (χ3n) is 2.95. The van der Waals surface area contributed by atoms with Gasteiger partial charge in [-0.15, -0.1) is 0 Å². The fraction of sp³-hybridized carbons (Fsp3) is 0.923. The van der Waals surface area contributed by atoms with Crippen molar-refractivity contribution < 1.29 is 4.79 Å². The monoisotopic (exact) mass is 211 g/mol. The molecule has 0 N–H and O–H groups in total. The topological polar surface area (TPSA) is 29.4 Å². The molecule has 0 aromatic rings. The lowest BCUT2D eigenvalue weighted by Crippen LogP contribution is -2.21. The number of aliphatic imine (C=N–C) groups is 1. The van der Waals surface area contributed by atoms with Gasteiger partial charge in [-0.25, -0.2) is 4.79 Å². The van der Waals surface area contributed by atoms with Crippen LogP contribution in [0.3, 0.4) is 0 Å². The maximum absolute atomic E-state index is 10.4. The fourth-order valence-electron chi connectivity index (χ4n) is 1.84. The van der Waals surface area contributed by atoms with E-state index in [1.165, 1.54) is 32.1 Å². The normalized spacial score (nSPS) is 14.3. The number of carbonyl (C=O) groups excluding carboxylic acids is 1. The lowest BCUT2D eigenvalue weighted by Gasteiger charge is -2.22. The van der Waals surface area contributed by atoms with Crippen LogP contribution in [-0.4, -0.2) is 11.6 Å². The van der Waals surface area contributed by atoms with E-state index in [0.29, 0.717) is 0 Å². The number of unbranched alkanes of at least 4 members (excludes halogenated alkanes) is 4. The summed E-state index contributed by atoms with van der Waals surface area (Å²) in [5.41, 5.74) is -0.147. The van der Waals surface area contributed by atoms with Crippen molar-refractivity contribution in [3.05, 3.63) is 0 Å². The minimum Gasteiger partial charge on any atom is -0.211 e. The van der Waals surface area contributed by atoms with E-state index in [0.717, 1.165) is 19.3 Å². The largest absolute Gasteiger partial charge is 0.235 e. The highest BCUT2D eigenvalue weighted by atomic mass is 16.1. The van der Waals surface area contributed by atoms with Crippen molar-refractivity contribution in [2.75, 3.05) is 0 Å². The van der Waals surface area contributed by atoms with Gasteiger partial charge in [0.1, 0.15) is 0 Å². The second-order valence-corrected chi connectivity index (χ2v) is 4.61.